The molecule has 1 fully saturated rings. The number of aryl methyl sites for hydroxylation is 3. The molecule has 0 saturated carbocycles. The third kappa shape index (κ3) is 4.31. The zero-order valence-electron chi connectivity index (χ0n) is 16.6. The van der Waals surface area contributed by atoms with Crippen molar-refractivity contribution in [2.45, 2.75) is 31.1 Å². The Kier molecular flexibility index (Phi) is 5.61. The number of benzene rings is 2. The van der Waals surface area contributed by atoms with E-state index in [2.05, 4.69) is 0 Å². The van der Waals surface area contributed by atoms with Crippen LogP contribution in [-0.2, 0) is 27.7 Å². The van der Waals surface area contributed by atoms with Crippen molar-refractivity contribution in [3.8, 4) is 5.75 Å². The van der Waals surface area contributed by atoms with E-state index in [9.17, 15) is 13.2 Å². The SMILES string of the molecule is Cc1ccc(OCC(=O)N2CCN(S(=O)(=O)c3ccc4c(c3)CCC4)CC2)cc1. The zero-order chi connectivity index (χ0) is 20.4. The number of rotatable bonds is 5. The molecule has 0 unspecified atom stereocenters. The fraction of sp³-hybridized carbons (Fsp3) is 0.409. The Morgan fingerprint density at radius 3 is 2.38 bits per heavy atom. The average Bonchev–Trinajstić information content (AvgIpc) is 3.21. The van der Waals surface area contributed by atoms with Gasteiger partial charge in [0.15, 0.2) is 6.61 Å². The summed E-state index contributed by atoms with van der Waals surface area (Å²) in [5.74, 6) is 0.530. The molecule has 0 atom stereocenters. The molecular weight excluding hydrogens is 388 g/mol. The van der Waals surface area contributed by atoms with Crippen molar-refractivity contribution in [2.75, 3.05) is 32.8 Å². The molecule has 1 heterocycles. The van der Waals surface area contributed by atoms with Crippen molar-refractivity contribution in [3.63, 3.8) is 0 Å². The molecule has 6 nitrogen and oxygen atoms in total. The van der Waals surface area contributed by atoms with Crippen molar-refractivity contribution in [3.05, 3.63) is 59.2 Å². The Labute approximate surface area is 172 Å². The number of nitrogens with zero attached hydrogens (tertiary/aromatic N) is 2. The van der Waals surface area contributed by atoms with Crippen molar-refractivity contribution in [1.82, 2.24) is 9.21 Å². The maximum atomic E-state index is 13.0. The fourth-order valence-corrected chi connectivity index (χ4v) is 5.38. The summed E-state index contributed by atoms with van der Waals surface area (Å²) in [6, 6.07) is 13.0. The van der Waals surface area contributed by atoms with Gasteiger partial charge in [0, 0.05) is 26.2 Å². The number of carbonyl (C=O) groups excluding carboxylic acids is 1. The summed E-state index contributed by atoms with van der Waals surface area (Å²) in [7, 11) is -3.53. The summed E-state index contributed by atoms with van der Waals surface area (Å²) in [4.78, 5) is 14.5. The second-order valence-corrected chi connectivity index (χ2v) is 9.61. The first-order valence-electron chi connectivity index (χ1n) is 10.0. The maximum absolute atomic E-state index is 13.0. The van der Waals surface area contributed by atoms with Gasteiger partial charge in [-0.3, -0.25) is 4.79 Å². The summed E-state index contributed by atoms with van der Waals surface area (Å²) >= 11 is 0. The van der Waals surface area contributed by atoms with E-state index in [0.717, 1.165) is 30.4 Å². The first-order valence-corrected chi connectivity index (χ1v) is 11.5. The normalized spacial score (nSPS) is 17.2. The molecule has 7 heteroatoms. The van der Waals surface area contributed by atoms with Crippen molar-refractivity contribution in [2.24, 2.45) is 0 Å². The summed E-state index contributed by atoms with van der Waals surface area (Å²) in [5.41, 5.74) is 3.53. The number of amides is 1. The Hall–Kier alpha value is -2.38. The van der Waals surface area contributed by atoms with E-state index in [1.54, 1.807) is 11.0 Å². The van der Waals surface area contributed by atoms with Crippen LogP contribution >= 0.6 is 0 Å². The van der Waals surface area contributed by atoms with Gasteiger partial charge in [0.25, 0.3) is 5.91 Å². The molecule has 1 aliphatic carbocycles. The molecule has 2 aromatic rings. The van der Waals surface area contributed by atoms with Crippen molar-refractivity contribution < 1.29 is 17.9 Å². The highest BCUT2D eigenvalue weighted by Crippen LogP contribution is 2.26. The van der Waals surface area contributed by atoms with Gasteiger partial charge >= 0.3 is 0 Å². The molecule has 29 heavy (non-hydrogen) atoms. The van der Waals surface area contributed by atoms with Crippen LogP contribution in [0.4, 0.5) is 0 Å². The number of carbonyl (C=O) groups is 1. The topological polar surface area (TPSA) is 66.9 Å². The van der Waals surface area contributed by atoms with Gasteiger partial charge in [-0.2, -0.15) is 4.31 Å². The molecule has 2 aliphatic rings. The van der Waals surface area contributed by atoms with Gasteiger partial charge in [0.05, 0.1) is 4.90 Å². The highest BCUT2D eigenvalue weighted by molar-refractivity contribution is 7.89. The number of sulfonamides is 1. The van der Waals surface area contributed by atoms with Crippen LogP contribution in [0.1, 0.15) is 23.1 Å². The highest BCUT2D eigenvalue weighted by Gasteiger charge is 2.30. The largest absolute Gasteiger partial charge is 0.484 e. The van der Waals surface area contributed by atoms with Crippen molar-refractivity contribution >= 4 is 15.9 Å². The molecule has 154 valence electrons. The second kappa shape index (κ2) is 8.16. The van der Waals surface area contributed by atoms with E-state index in [1.165, 1.54) is 9.87 Å². The molecule has 0 spiro atoms. The van der Waals surface area contributed by atoms with Gasteiger partial charge in [-0.25, -0.2) is 8.42 Å². The van der Waals surface area contributed by atoms with E-state index in [0.29, 0.717) is 36.8 Å². The van der Waals surface area contributed by atoms with Gasteiger partial charge in [0.1, 0.15) is 5.75 Å². The molecular formula is C22H26N2O4S. The number of hydrogen-bond donors (Lipinski definition) is 0. The molecule has 0 bridgehead atoms. The van der Waals surface area contributed by atoms with Crippen LogP contribution < -0.4 is 4.74 Å². The Morgan fingerprint density at radius 2 is 1.66 bits per heavy atom. The molecule has 0 radical (unpaired) electrons. The number of piperazine rings is 1. The minimum absolute atomic E-state index is 0.0410. The molecule has 2 aromatic carbocycles. The van der Waals surface area contributed by atoms with Gasteiger partial charge in [-0.05, 0) is 61.6 Å². The lowest BCUT2D eigenvalue weighted by molar-refractivity contribution is -0.134. The highest BCUT2D eigenvalue weighted by atomic mass is 32.2. The van der Waals surface area contributed by atoms with Gasteiger partial charge in [-0.1, -0.05) is 23.8 Å². The standard InChI is InChI=1S/C22H26N2O4S/c1-17-5-8-20(9-6-17)28-16-22(25)23-11-13-24(14-12-23)29(26,27)21-10-7-18-3-2-4-19(18)15-21/h5-10,15H,2-4,11-14,16H2,1H3. The van der Waals surface area contributed by atoms with E-state index in [-0.39, 0.29) is 12.5 Å². The van der Waals surface area contributed by atoms with Crippen LogP contribution in [0.5, 0.6) is 5.75 Å². The first kappa shape index (κ1) is 19.9. The summed E-state index contributed by atoms with van der Waals surface area (Å²) in [6.07, 6.45) is 3.06. The lowest BCUT2D eigenvalue weighted by Gasteiger charge is -2.34. The average molecular weight is 415 g/mol. The van der Waals surface area contributed by atoms with Crippen LogP contribution in [0.3, 0.4) is 0 Å². The smallest absolute Gasteiger partial charge is 0.260 e. The van der Waals surface area contributed by atoms with Crippen LogP contribution in [0.2, 0.25) is 0 Å². The lowest BCUT2D eigenvalue weighted by Crippen LogP contribution is -2.51. The molecule has 1 aliphatic heterocycles. The number of ether oxygens (including phenoxy) is 1. The van der Waals surface area contributed by atoms with Crippen LogP contribution in [0, 0.1) is 6.92 Å². The summed E-state index contributed by atoms with van der Waals surface area (Å²) in [6.45, 7) is 3.30. The van der Waals surface area contributed by atoms with Crippen LogP contribution in [0.25, 0.3) is 0 Å². The maximum Gasteiger partial charge on any atom is 0.260 e. The molecule has 1 amide bonds. The second-order valence-electron chi connectivity index (χ2n) is 7.67. The predicted octanol–water partition coefficient (Wildman–Crippen LogP) is 2.40. The number of fused-ring (bicyclic) bond motifs is 1. The van der Waals surface area contributed by atoms with E-state index < -0.39 is 10.0 Å². The van der Waals surface area contributed by atoms with E-state index >= 15 is 0 Å². The first-order chi connectivity index (χ1) is 13.9. The molecule has 1 saturated heterocycles. The fourth-order valence-electron chi connectivity index (χ4n) is 3.91. The quantitative estimate of drug-likeness (QED) is 0.754. The zero-order valence-corrected chi connectivity index (χ0v) is 17.5. The predicted molar refractivity (Wildman–Crippen MR) is 110 cm³/mol. The molecule has 0 aromatic heterocycles. The summed E-state index contributed by atoms with van der Waals surface area (Å²) in [5, 5.41) is 0. The third-order valence-corrected chi connectivity index (χ3v) is 7.58. The summed E-state index contributed by atoms with van der Waals surface area (Å²) < 4.78 is 33.0. The van der Waals surface area contributed by atoms with Crippen LogP contribution in [-0.4, -0.2) is 56.3 Å². The molecule has 4 rings (SSSR count). The van der Waals surface area contributed by atoms with Gasteiger partial charge < -0.3 is 9.64 Å². The Balaban J connectivity index is 1.33. The number of hydrogen-bond acceptors (Lipinski definition) is 4. The monoisotopic (exact) mass is 414 g/mol. The minimum atomic E-state index is -3.53. The Bertz CT molecular complexity index is 994. The third-order valence-electron chi connectivity index (χ3n) is 5.68. The minimum Gasteiger partial charge on any atom is -0.484 e. The van der Waals surface area contributed by atoms with Gasteiger partial charge in [0.2, 0.25) is 10.0 Å². The van der Waals surface area contributed by atoms with Gasteiger partial charge in [-0.15, -0.1) is 0 Å². The van der Waals surface area contributed by atoms with Crippen LogP contribution in [0.15, 0.2) is 47.4 Å². The lowest BCUT2D eigenvalue weighted by atomic mass is 10.1. The van der Waals surface area contributed by atoms with Crippen molar-refractivity contribution in [1.29, 1.82) is 0 Å². The van der Waals surface area contributed by atoms with E-state index in [4.69, 9.17) is 4.74 Å². The molecule has 0 N–H and O–H groups in total. The Morgan fingerprint density at radius 1 is 0.966 bits per heavy atom. The van der Waals surface area contributed by atoms with E-state index in [1.807, 2.05) is 43.3 Å².